The second-order valence-corrected chi connectivity index (χ2v) is 4.80. The minimum absolute atomic E-state index is 0.103. The van der Waals surface area contributed by atoms with Gasteiger partial charge < -0.3 is 15.0 Å². The number of benzene rings is 1. The molecule has 0 radical (unpaired) electrons. The van der Waals surface area contributed by atoms with Crippen molar-refractivity contribution in [1.82, 2.24) is 14.2 Å². The highest BCUT2D eigenvalue weighted by Crippen LogP contribution is 2.18. The van der Waals surface area contributed by atoms with E-state index in [2.05, 4.69) is 5.10 Å². The van der Waals surface area contributed by atoms with Gasteiger partial charge in [-0.15, -0.1) is 0 Å². The molecule has 1 atom stereocenters. The molecule has 0 aliphatic heterocycles. The molecule has 3 aromatic rings. The van der Waals surface area contributed by atoms with Crippen molar-refractivity contribution >= 4 is 5.52 Å². The number of fused-ring (bicyclic) bond motifs is 1. The average molecular weight is 284 g/mol. The first kappa shape index (κ1) is 13.4. The van der Waals surface area contributed by atoms with Crippen molar-refractivity contribution in [1.29, 1.82) is 0 Å². The Hall–Kier alpha value is -2.60. The highest BCUT2D eigenvalue weighted by Gasteiger charge is 2.10. The fourth-order valence-electron chi connectivity index (χ4n) is 2.29. The second-order valence-electron chi connectivity index (χ2n) is 4.80. The maximum Gasteiger partial charge on any atom is 0.276 e. The first-order chi connectivity index (χ1) is 10.2. The van der Waals surface area contributed by atoms with E-state index >= 15 is 0 Å². The van der Waals surface area contributed by atoms with Crippen LogP contribution < -0.4 is 16.0 Å². The van der Waals surface area contributed by atoms with Gasteiger partial charge in [-0.1, -0.05) is 12.1 Å². The predicted molar refractivity (Wildman–Crippen MR) is 79.4 cm³/mol. The van der Waals surface area contributed by atoms with Crippen LogP contribution in [0.3, 0.4) is 0 Å². The number of ether oxygens (including phenoxy) is 1. The van der Waals surface area contributed by atoms with Gasteiger partial charge in [0.15, 0.2) is 0 Å². The van der Waals surface area contributed by atoms with Crippen molar-refractivity contribution in [2.75, 3.05) is 7.11 Å². The fourth-order valence-corrected chi connectivity index (χ4v) is 2.29. The smallest absolute Gasteiger partial charge is 0.276 e. The Kier molecular flexibility index (Phi) is 3.45. The van der Waals surface area contributed by atoms with Crippen molar-refractivity contribution in [2.45, 2.75) is 12.6 Å². The molecule has 0 fully saturated rings. The topological polar surface area (TPSA) is 74.6 Å². The molecule has 2 heterocycles. The summed E-state index contributed by atoms with van der Waals surface area (Å²) in [5.41, 5.74) is 7.56. The molecular weight excluding hydrogens is 268 g/mol. The number of hydrogen-bond donors (Lipinski definition) is 1. The van der Waals surface area contributed by atoms with Crippen LogP contribution in [0.5, 0.6) is 5.75 Å². The summed E-state index contributed by atoms with van der Waals surface area (Å²) in [5, 5.41) is 4.04. The van der Waals surface area contributed by atoms with Gasteiger partial charge in [0.05, 0.1) is 13.3 Å². The van der Waals surface area contributed by atoms with Crippen molar-refractivity contribution in [3.05, 3.63) is 64.8 Å². The molecule has 1 unspecified atom stereocenters. The Morgan fingerprint density at radius 1 is 1.33 bits per heavy atom. The summed E-state index contributed by atoms with van der Waals surface area (Å²) in [6.07, 6.45) is 5.04. The van der Waals surface area contributed by atoms with Gasteiger partial charge in [0, 0.05) is 25.0 Å². The molecule has 2 N–H and O–H groups in total. The van der Waals surface area contributed by atoms with Crippen LogP contribution >= 0.6 is 0 Å². The van der Waals surface area contributed by atoms with Gasteiger partial charge in [-0.3, -0.25) is 4.79 Å². The molecule has 0 amide bonds. The standard InChI is InChI=1S/C15H16N4O2/c1-21-12-4-2-3-11(9-12)13(16)10-18-7-8-19-14(15(18)20)5-6-17-19/h2-9,13H,10,16H2,1H3. The summed E-state index contributed by atoms with van der Waals surface area (Å²) in [7, 11) is 1.61. The van der Waals surface area contributed by atoms with E-state index < -0.39 is 0 Å². The molecule has 21 heavy (non-hydrogen) atoms. The van der Waals surface area contributed by atoms with Crippen LogP contribution in [0.2, 0.25) is 0 Å². The Morgan fingerprint density at radius 3 is 3.00 bits per heavy atom. The highest BCUT2D eigenvalue weighted by molar-refractivity contribution is 5.42. The largest absolute Gasteiger partial charge is 0.497 e. The minimum Gasteiger partial charge on any atom is -0.497 e. The first-order valence-corrected chi connectivity index (χ1v) is 6.61. The van der Waals surface area contributed by atoms with Crippen molar-refractivity contribution in [2.24, 2.45) is 5.73 Å². The summed E-state index contributed by atoms with van der Waals surface area (Å²) in [6.45, 7) is 0.397. The number of hydrogen-bond acceptors (Lipinski definition) is 4. The van der Waals surface area contributed by atoms with E-state index in [1.165, 1.54) is 0 Å². The van der Waals surface area contributed by atoms with Crippen LogP contribution in [0.4, 0.5) is 0 Å². The normalized spacial score (nSPS) is 12.5. The predicted octanol–water partition coefficient (Wildman–Crippen LogP) is 1.20. The van der Waals surface area contributed by atoms with Crippen molar-refractivity contribution in [3.63, 3.8) is 0 Å². The molecule has 0 aliphatic rings. The minimum atomic E-state index is -0.289. The zero-order chi connectivity index (χ0) is 14.8. The Bertz CT molecular complexity index is 822. The molecule has 2 aromatic heterocycles. The summed E-state index contributed by atoms with van der Waals surface area (Å²) in [4.78, 5) is 12.3. The van der Waals surface area contributed by atoms with Gasteiger partial charge in [0.2, 0.25) is 0 Å². The molecule has 0 bridgehead atoms. The maximum atomic E-state index is 12.3. The Balaban J connectivity index is 1.90. The van der Waals surface area contributed by atoms with Crippen LogP contribution in [-0.2, 0) is 6.54 Å². The lowest BCUT2D eigenvalue weighted by Crippen LogP contribution is -2.27. The highest BCUT2D eigenvalue weighted by atomic mass is 16.5. The van der Waals surface area contributed by atoms with E-state index in [1.54, 1.807) is 40.8 Å². The Morgan fingerprint density at radius 2 is 2.19 bits per heavy atom. The van der Waals surface area contributed by atoms with Crippen molar-refractivity contribution in [3.8, 4) is 5.75 Å². The lowest BCUT2D eigenvalue weighted by atomic mass is 10.1. The summed E-state index contributed by atoms with van der Waals surface area (Å²) < 4.78 is 8.34. The third-order valence-electron chi connectivity index (χ3n) is 3.45. The SMILES string of the molecule is COc1cccc(C(N)Cn2ccn3nccc3c2=O)c1. The van der Waals surface area contributed by atoms with Gasteiger partial charge >= 0.3 is 0 Å². The third kappa shape index (κ3) is 2.53. The number of nitrogens with zero attached hydrogens (tertiary/aromatic N) is 3. The number of rotatable bonds is 4. The average Bonchev–Trinajstić information content (AvgIpc) is 2.99. The molecule has 0 aliphatic carbocycles. The summed E-state index contributed by atoms with van der Waals surface area (Å²) in [5.74, 6) is 0.751. The van der Waals surface area contributed by atoms with Gasteiger partial charge in [-0.05, 0) is 23.8 Å². The lowest BCUT2D eigenvalue weighted by molar-refractivity contribution is 0.413. The van der Waals surface area contributed by atoms with Crippen LogP contribution in [0.15, 0.2) is 53.7 Å². The molecule has 0 saturated carbocycles. The monoisotopic (exact) mass is 284 g/mol. The van der Waals surface area contributed by atoms with Crippen molar-refractivity contribution < 1.29 is 4.74 Å². The molecule has 6 heteroatoms. The molecule has 1 aromatic carbocycles. The van der Waals surface area contributed by atoms with Crippen LogP contribution in [-0.4, -0.2) is 21.3 Å². The van der Waals surface area contributed by atoms with Gasteiger partial charge in [0.1, 0.15) is 11.3 Å². The van der Waals surface area contributed by atoms with Crippen LogP contribution in [0, 0.1) is 0 Å². The number of methoxy groups -OCH3 is 1. The van der Waals surface area contributed by atoms with E-state index in [0.717, 1.165) is 11.3 Å². The molecule has 0 saturated heterocycles. The van der Waals surface area contributed by atoms with E-state index in [0.29, 0.717) is 12.1 Å². The van der Waals surface area contributed by atoms with Gasteiger partial charge in [0.25, 0.3) is 5.56 Å². The van der Waals surface area contributed by atoms with Gasteiger partial charge in [-0.25, -0.2) is 4.52 Å². The quantitative estimate of drug-likeness (QED) is 0.781. The zero-order valence-corrected chi connectivity index (χ0v) is 11.6. The lowest BCUT2D eigenvalue weighted by Gasteiger charge is -2.15. The maximum absolute atomic E-state index is 12.3. The van der Waals surface area contributed by atoms with E-state index in [4.69, 9.17) is 10.5 Å². The van der Waals surface area contributed by atoms with E-state index in [-0.39, 0.29) is 11.6 Å². The number of aromatic nitrogens is 3. The fraction of sp³-hybridized carbons (Fsp3) is 0.200. The first-order valence-electron chi connectivity index (χ1n) is 6.61. The molecule has 108 valence electrons. The molecular formula is C15H16N4O2. The third-order valence-corrected chi connectivity index (χ3v) is 3.45. The second kappa shape index (κ2) is 5.41. The summed E-state index contributed by atoms with van der Waals surface area (Å²) in [6, 6.07) is 8.96. The van der Waals surface area contributed by atoms with E-state index in [9.17, 15) is 4.79 Å². The zero-order valence-electron chi connectivity index (χ0n) is 11.6. The molecule has 6 nitrogen and oxygen atoms in total. The van der Waals surface area contributed by atoms with Crippen LogP contribution in [0.25, 0.3) is 5.52 Å². The van der Waals surface area contributed by atoms with Crippen LogP contribution in [0.1, 0.15) is 11.6 Å². The summed E-state index contributed by atoms with van der Waals surface area (Å²) >= 11 is 0. The molecule has 0 spiro atoms. The Labute approximate surface area is 121 Å². The number of nitrogens with two attached hydrogens (primary N) is 1. The van der Waals surface area contributed by atoms with E-state index in [1.807, 2.05) is 24.3 Å². The molecule has 3 rings (SSSR count). The van der Waals surface area contributed by atoms with Gasteiger partial charge in [-0.2, -0.15) is 5.10 Å².